The Hall–Kier alpha value is -3.20. The summed E-state index contributed by atoms with van der Waals surface area (Å²) >= 11 is 0. The van der Waals surface area contributed by atoms with Crippen molar-refractivity contribution < 1.29 is 18.3 Å². The molecule has 3 aromatic rings. The number of carbonyl (C=O) groups is 1. The molecule has 1 aromatic carbocycles. The quantitative estimate of drug-likeness (QED) is 0.615. The number of Topliss-reactive ketones (excluding diaryl/α,β-unsaturated/α-hetero) is 1. The van der Waals surface area contributed by atoms with Crippen LogP contribution in [0.5, 0.6) is 0 Å². The Morgan fingerprint density at radius 1 is 1.17 bits per heavy atom. The van der Waals surface area contributed by atoms with Crippen LogP contribution in [0.2, 0.25) is 0 Å². The van der Waals surface area contributed by atoms with Crippen molar-refractivity contribution in [1.82, 2.24) is 19.7 Å². The van der Waals surface area contributed by atoms with Gasteiger partial charge >= 0.3 is 0 Å². The predicted molar refractivity (Wildman–Crippen MR) is 102 cm³/mol. The zero-order valence-corrected chi connectivity index (χ0v) is 15.8. The Bertz CT molecular complexity index is 1050. The molecule has 2 aromatic heterocycles. The Kier molecular flexibility index (Phi) is 5.30. The second kappa shape index (κ2) is 8.04. The lowest BCUT2D eigenvalue weighted by atomic mass is 10.2. The molecule has 1 aliphatic rings. The molecule has 0 spiro atoms. The summed E-state index contributed by atoms with van der Waals surface area (Å²) in [5.74, 6) is -0.774. The fourth-order valence-electron chi connectivity index (χ4n) is 3.20. The third-order valence-electron chi connectivity index (χ3n) is 4.68. The molecule has 7 nitrogen and oxygen atoms in total. The van der Waals surface area contributed by atoms with Crippen LogP contribution in [-0.4, -0.2) is 51.8 Å². The van der Waals surface area contributed by atoms with Gasteiger partial charge < -0.3 is 9.64 Å². The number of ketones is 1. The molecular weight excluding hydrogens is 380 g/mol. The van der Waals surface area contributed by atoms with Crippen LogP contribution in [0.25, 0.3) is 11.5 Å². The van der Waals surface area contributed by atoms with E-state index in [4.69, 9.17) is 4.74 Å². The highest BCUT2D eigenvalue weighted by Gasteiger charge is 2.21. The minimum Gasteiger partial charge on any atom is -0.378 e. The van der Waals surface area contributed by atoms with E-state index < -0.39 is 5.82 Å². The summed E-state index contributed by atoms with van der Waals surface area (Å²) in [5.41, 5.74) is 1.02. The summed E-state index contributed by atoms with van der Waals surface area (Å²) in [5, 5.41) is 4.39. The number of ether oxygens (including phenoxy) is 1. The highest BCUT2D eigenvalue weighted by atomic mass is 19.1. The number of anilines is 1. The van der Waals surface area contributed by atoms with E-state index in [1.54, 1.807) is 29.2 Å². The lowest BCUT2D eigenvalue weighted by Gasteiger charge is -2.27. The molecule has 1 aliphatic heterocycles. The van der Waals surface area contributed by atoms with E-state index in [9.17, 15) is 13.6 Å². The zero-order chi connectivity index (χ0) is 20.4. The van der Waals surface area contributed by atoms with Gasteiger partial charge in [-0.1, -0.05) is 18.2 Å². The van der Waals surface area contributed by atoms with Gasteiger partial charge in [0.2, 0.25) is 0 Å². The van der Waals surface area contributed by atoms with E-state index in [1.165, 1.54) is 17.7 Å². The van der Waals surface area contributed by atoms with Crippen molar-refractivity contribution in [3.05, 3.63) is 59.4 Å². The molecule has 1 fully saturated rings. The molecule has 0 atom stereocenters. The molecule has 29 heavy (non-hydrogen) atoms. The van der Waals surface area contributed by atoms with Gasteiger partial charge in [0.15, 0.2) is 23.2 Å². The number of hydrogen-bond donors (Lipinski definition) is 0. The highest BCUT2D eigenvalue weighted by molar-refractivity contribution is 5.93. The minimum absolute atomic E-state index is 0.0824. The summed E-state index contributed by atoms with van der Waals surface area (Å²) in [6.07, 6.45) is 1.09. The normalized spacial score (nSPS) is 14.2. The first-order chi connectivity index (χ1) is 14.0. The average Bonchev–Trinajstić information content (AvgIpc) is 3.15. The molecular formula is C20H19F2N5O2. The first-order valence-electron chi connectivity index (χ1n) is 9.20. The van der Waals surface area contributed by atoms with Crippen LogP contribution in [0.15, 0.2) is 36.5 Å². The lowest BCUT2D eigenvalue weighted by molar-refractivity contribution is 0.100. The van der Waals surface area contributed by atoms with E-state index in [1.807, 2.05) is 0 Å². The van der Waals surface area contributed by atoms with Gasteiger partial charge in [0.05, 0.1) is 26.0 Å². The Labute approximate surface area is 166 Å². The van der Waals surface area contributed by atoms with Crippen LogP contribution in [0.3, 0.4) is 0 Å². The third-order valence-corrected chi connectivity index (χ3v) is 4.68. The molecule has 4 rings (SSSR count). The van der Waals surface area contributed by atoms with Crippen LogP contribution in [-0.2, 0) is 11.3 Å². The van der Waals surface area contributed by atoms with Crippen molar-refractivity contribution in [1.29, 1.82) is 0 Å². The summed E-state index contributed by atoms with van der Waals surface area (Å²) in [6, 6.07) is 7.84. The molecule has 0 saturated carbocycles. The molecule has 0 unspecified atom stereocenters. The third kappa shape index (κ3) is 4.00. The van der Waals surface area contributed by atoms with E-state index >= 15 is 0 Å². The van der Waals surface area contributed by atoms with Crippen molar-refractivity contribution in [2.45, 2.75) is 13.5 Å². The van der Waals surface area contributed by atoms with Gasteiger partial charge in [-0.2, -0.15) is 5.10 Å². The lowest BCUT2D eigenvalue weighted by Crippen LogP contribution is -2.37. The van der Waals surface area contributed by atoms with Crippen molar-refractivity contribution >= 4 is 11.6 Å². The zero-order valence-electron chi connectivity index (χ0n) is 15.8. The molecule has 3 heterocycles. The number of nitrogens with zero attached hydrogens (tertiary/aromatic N) is 5. The number of benzene rings is 1. The minimum atomic E-state index is -0.534. The van der Waals surface area contributed by atoms with Crippen LogP contribution in [0.1, 0.15) is 23.0 Å². The number of rotatable bonds is 5. The van der Waals surface area contributed by atoms with Crippen LogP contribution in [0, 0.1) is 11.6 Å². The second-order valence-corrected chi connectivity index (χ2v) is 6.68. The fourth-order valence-corrected chi connectivity index (χ4v) is 3.20. The Morgan fingerprint density at radius 3 is 2.66 bits per heavy atom. The number of morpholine rings is 1. The van der Waals surface area contributed by atoms with E-state index in [-0.39, 0.29) is 29.8 Å². The SMILES string of the molecule is CC(=O)c1cc(-c2ncc(F)c(N3CCOCC3)n2)nn1Cc1ccccc1F. The highest BCUT2D eigenvalue weighted by Crippen LogP contribution is 2.23. The molecule has 0 amide bonds. The van der Waals surface area contributed by atoms with Crippen LogP contribution in [0.4, 0.5) is 14.6 Å². The molecule has 0 N–H and O–H groups in total. The Morgan fingerprint density at radius 2 is 1.93 bits per heavy atom. The largest absolute Gasteiger partial charge is 0.378 e. The first-order valence-corrected chi connectivity index (χ1v) is 9.20. The molecule has 0 radical (unpaired) electrons. The van der Waals surface area contributed by atoms with Gasteiger partial charge in [-0.05, 0) is 12.1 Å². The second-order valence-electron chi connectivity index (χ2n) is 6.68. The molecule has 1 saturated heterocycles. The molecule has 150 valence electrons. The summed E-state index contributed by atoms with van der Waals surface area (Å²) < 4.78 is 35.0. The Balaban J connectivity index is 1.70. The maximum absolute atomic E-state index is 14.3. The standard InChI is InChI=1S/C20H19F2N5O2/c1-13(28)18-10-17(25-27(18)12-14-4-2-3-5-15(14)21)19-23-11-16(22)20(24-19)26-6-8-29-9-7-26/h2-5,10-11H,6-9,12H2,1H3. The van der Waals surface area contributed by atoms with Gasteiger partial charge in [-0.3, -0.25) is 9.48 Å². The topological polar surface area (TPSA) is 73.1 Å². The number of halogens is 2. The van der Waals surface area contributed by atoms with Gasteiger partial charge in [0.1, 0.15) is 17.2 Å². The molecule has 0 bridgehead atoms. The van der Waals surface area contributed by atoms with Gasteiger partial charge in [-0.25, -0.2) is 18.7 Å². The maximum Gasteiger partial charge on any atom is 0.183 e. The smallest absolute Gasteiger partial charge is 0.183 e. The number of carbonyl (C=O) groups excluding carboxylic acids is 1. The summed E-state index contributed by atoms with van der Waals surface area (Å²) in [4.78, 5) is 22.2. The maximum atomic E-state index is 14.3. The van der Waals surface area contributed by atoms with Gasteiger partial charge in [0, 0.05) is 25.6 Å². The van der Waals surface area contributed by atoms with Crippen molar-refractivity contribution in [2.75, 3.05) is 31.2 Å². The predicted octanol–water partition coefficient (Wildman–Crippen LogP) is 2.71. The van der Waals surface area contributed by atoms with Gasteiger partial charge in [0.25, 0.3) is 0 Å². The average molecular weight is 399 g/mol. The molecule has 0 aliphatic carbocycles. The number of hydrogen-bond acceptors (Lipinski definition) is 6. The van der Waals surface area contributed by atoms with Crippen LogP contribution < -0.4 is 4.90 Å². The first kappa shape index (κ1) is 19.1. The van der Waals surface area contributed by atoms with Crippen LogP contribution >= 0.6 is 0 Å². The summed E-state index contributed by atoms with van der Waals surface area (Å²) in [6.45, 7) is 3.51. The fraction of sp³-hybridized carbons (Fsp3) is 0.300. The molecule has 9 heteroatoms. The van der Waals surface area contributed by atoms with E-state index in [0.717, 1.165) is 6.20 Å². The summed E-state index contributed by atoms with van der Waals surface area (Å²) in [7, 11) is 0. The van der Waals surface area contributed by atoms with Crippen molar-refractivity contribution in [3.8, 4) is 11.5 Å². The van der Waals surface area contributed by atoms with Crippen molar-refractivity contribution in [3.63, 3.8) is 0 Å². The monoisotopic (exact) mass is 399 g/mol. The van der Waals surface area contributed by atoms with Gasteiger partial charge in [-0.15, -0.1) is 0 Å². The van der Waals surface area contributed by atoms with Crippen molar-refractivity contribution in [2.24, 2.45) is 0 Å². The number of aromatic nitrogens is 4. The van der Waals surface area contributed by atoms with E-state index in [2.05, 4.69) is 15.1 Å². The van der Waals surface area contributed by atoms with E-state index in [0.29, 0.717) is 43.3 Å².